The highest BCUT2D eigenvalue weighted by molar-refractivity contribution is 5.98. The Morgan fingerprint density at radius 1 is 1.61 bits per heavy atom. The maximum Gasteiger partial charge on any atom is 0.271 e. The van der Waals surface area contributed by atoms with E-state index >= 15 is 0 Å². The minimum absolute atomic E-state index is 0.0598. The molecule has 5 N–H and O–H groups in total. The van der Waals surface area contributed by atoms with Crippen LogP contribution < -0.4 is 11.1 Å². The van der Waals surface area contributed by atoms with Crippen LogP contribution >= 0.6 is 0 Å². The molecule has 0 aliphatic carbocycles. The van der Waals surface area contributed by atoms with Gasteiger partial charge in [-0.3, -0.25) is 9.48 Å². The van der Waals surface area contributed by atoms with E-state index in [0.717, 1.165) is 0 Å². The Hall–Kier alpha value is -1.60. The van der Waals surface area contributed by atoms with Crippen LogP contribution in [0.3, 0.4) is 0 Å². The standard InChI is InChI=1S/C11H20N4O3/c1-4-15-9(8(12)7(2)14-15)10(17)13-5-11(3,18)6-16/h16,18H,4-6,12H2,1-3H3,(H,13,17). The molecular formula is C11H20N4O3. The lowest BCUT2D eigenvalue weighted by Crippen LogP contribution is -2.43. The Balaban J connectivity index is 2.85. The summed E-state index contributed by atoms with van der Waals surface area (Å²) in [6, 6.07) is 0. The van der Waals surface area contributed by atoms with Gasteiger partial charge in [0.15, 0.2) is 0 Å². The van der Waals surface area contributed by atoms with Crippen LogP contribution in [-0.2, 0) is 6.54 Å². The van der Waals surface area contributed by atoms with Gasteiger partial charge in [-0.15, -0.1) is 0 Å². The molecule has 1 unspecified atom stereocenters. The molecule has 7 nitrogen and oxygen atoms in total. The number of nitrogens with zero attached hydrogens (tertiary/aromatic N) is 2. The minimum atomic E-state index is -1.35. The lowest BCUT2D eigenvalue weighted by Gasteiger charge is -2.20. The van der Waals surface area contributed by atoms with Crippen molar-refractivity contribution in [1.82, 2.24) is 15.1 Å². The third-order valence-corrected chi connectivity index (χ3v) is 2.66. The number of aromatic nitrogens is 2. The molecule has 0 aliphatic heterocycles. The molecule has 1 amide bonds. The van der Waals surface area contributed by atoms with Crippen LogP contribution in [0.1, 0.15) is 30.0 Å². The van der Waals surface area contributed by atoms with E-state index < -0.39 is 18.1 Å². The minimum Gasteiger partial charge on any atom is -0.395 e. The van der Waals surface area contributed by atoms with Crippen molar-refractivity contribution >= 4 is 11.6 Å². The molecule has 0 aliphatic rings. The van der Waals surface area contributed by atoms with E-state index in [9.17, 15) is 9.90 Å². The zero-order chi connectivity index (χ0) is 13.9. The van der Waals surface area contributed by atoms with Gasteiger partial charge in [0.1, 0.15) is 11.3 Å². The molecular weight excluding hydrogens is 236 g/mol. The summed E-state index contributed by atoms with van der Waals surface area (Å²) in [5.74, 6) is -0.413. The number of nitrogens with one attached hydrogen (secondary N) is 1. The van der Waals surface area contributed by atoms with Crippen molar-refractivity contribution in [3.8, 4) is 0 Å². The normalized spacial score (nSPS) is 14.3. The fourth-order valence-corrected chi connectivity index (χ4v) is 1.47. The molecule has 18 heavy (non-hydrogen) atoms. The van der Waals surface area contributed by atoms with Gasteiger partial charge in [-0.05, 0) is 20.8 Å². The van der Waals surface area contributed by atoms with Gasteiger partial charge in [0.05, 0.1) is 18.0 Å². The topological polar surface area (TPSA) is 113 Å². The van der Waals surface area contributed by atoms with Crippen LogP contribution in [0.15, 0.2) is 0 Å². The van der Waals surface area contributed by atoms with Gasteiger partial charge in [0, 0.05) is 13.1 Å². The number of aryl methyl sites for hydroxylation is 2. The Bertz CT molecular complexity index is 440. The molecule has 0 bridgehead atoms. The number of rotatable bonds is 5. The number of nitrogen functional groups attached to an aromatic ring is 1. The van der Waals surface area contributed by atoms with E-state index in [1.165, 1.54) is 11.6 Å². The smallest absolute Gasteiger partial charge is 0.271 e. The van der Waals surface area contributed by atoms with Crippen molar-refractivity contribution in [3.63, 3.8) is 0 Å². The zero-order valence-corrected chi connectivity index (χ0v) is 10.9. The number of aliphatic hydroxyl groups excluding tert-OH is 1. The SMILES string of the molecule is CCn1nc(C)c(N)c1C(=O)NCC(C)(O)CO. The fourth-order valence-electron chi connectivity index (χ4n) is 1.47. The summed E-state index contributed by atoms with van der Waals surface area (Å²) in [5, 5.41) is 25.2. The third-order valence-electron chi connectivity index (χ3n) is 2.66. The fraction of sp³-hybridized carbons (Fsp3) is 0.636. The molecule has 0 spiro atoms. The first-order valence-corrected chi connectivity index (χ1v) is 5.76. The number of carbonyl (C=O) groups is 1. The Morgan fingerprint density at radius 2 is 2.22 bits per heavy atom. The molecule has 7 heteroatoms. The summed E-state index contributed by atoms with van der Waals surface area (Å²) in [6.07, 6.45) is 0. The molecule has 1 rings (SSSR count). The average molecular weight is 256 g/mol. The molecule has 0 aromatic carbocycles. The molecule has 1 heterocycles. The van der Waals surface area contributed by atoms with Gasteiger partial charge in [-0.1, -0.05) is 0 Å². The molecule has 1 atom stereocenters. The maximum atomic E-state index is 12.0. The lowest BCUT2D eigenvalue weighted by atomic mass is 10.1. The Labute approximate surface area is 106 Å². The van der Waals surface area contributed by atoms with Gasteiger partial charge >= 0.3 is 0 Å². The second-order valence-corrected chi connectivity index (χ2v) is 4.50. The van der Waals surface area contributed by atoms with Crippen LogP contribution in [0.25, 0.3) is 0 Å². The van der Waals surface area contributed by atoms with Crippen molar-refractivity contribution in [2.24, 2.45) is 0 Å². The van der Waals surface area contributed by atoms with E-state index in [2.05, 4.69) is 10.4 Å². The average Bonchev–Trinajstić information content (AvgIpc) is 2.62. The Kier molecular flexibility index (Phi) is 4.31. The van der Waals surface area contributed by atoms with Crippen LogP contribution in [0.4, 0.5) is 5.69 Å². The van der Waals surface area contributed by atoms with E-state index in [1.807, 2.05) is 6.92 Å². The first-order valence-electron chi connectivity index (χ1n) is 5.76. The van der Waals surface area contributed by atoms with Crippen LogP contribution in [-0.4, -0.2) is 44.7 Å². The first kappa shape index (κ1) is 14.5. The number of nitrogens with two attached hydrogens (primary N) is 1. The van der Waals surface area contributed by atoms with Crippen LogP contribution in [0.2, 0.25) is 0 Å². The zero-order valence-electron chi connectivity index (χ0n) is 10.9. The monoisotopic (exact) mass is 256 g/mol. The largest absolute Gasteiger partial charge is 0.395 e. The maximum absolute atomic E-state index is 12.0. The van der Waals surface area contributed by atoms with Gasteiger partial charge in [-0.2, -0.15) is 5.10 Å². The second-order valence-electron chi connectivity index (χ2n) is 4.50. The van der Waals surface area contributed by atoms with Gasteiger partial charge in [-0.25, -0.2) is 0 Å². The second kappa shape index (κ2) is 5.36. The molecule has 0 saturated carbocycles. The Morgan fingerprint density at radius 3 is 2.72 bits per heavy atom. The summed E-state index contributed by atoms with van der Waals surface area (Å²) >= 11 is 0. The highest BCUT2D eigenvalue weighted by atomic mass is 16.3. The lowest BCUT2D eigenvalue weighted by molar-refractivity contribution is 0.00312. The summed E-state index contributed by atoms with van der Waals surface area (Å²) in [5.41, 5.74) is 5.65. The van der Waals surface area contributed by atoms with Gasteiger partial charge in [0.25, 0.3) is 5.91 Å². The van der Waals surface area contributed by atoms with E-state index in [4.69, 9.17) is 10.8 Å². The molecule has 0 radical (unpaired) electrons. The molecule has 0 fully saturated rings. The van der Waals surface area contributed by atoms with Crippen molar-refractivity contribution in [2.75, 3.05) is 18.9 Å². The number of aliphatic hydroxyl groups is 2. The number of carbonyl (C=O) groups excluding carboxylic acids is 1. The van der Waals surface area contributed by atoms with Crippen molar-refractivity contribution in [2.45, 2.75) is 32.9 Å². The quantitative estimate of drug-likeness (QED) is 0.554. The van der Waals surface area contributed by atoms with Crippen LogP contribution in [0, 0.1) is 6.92 Å². The predicted octanol–water partition coefficient (Wildman–Crippen LogP) is -0.733. The molecule has 102 valence electrons. The summed E-state index contributed by atoms with van der Waals surface area (Å²) in [6.45, 7) is 5.04. The molecule has 0 saturated heterocycles. The third kappa shape index (κ3) is 2.99. The summed E-state index contributed by atoms with van der Waals surface area (Å²) in [7, 11) is 0. The molecule has 1 aromatic rings. The van der Waals surface area contributed by atoms with E-state index in [-0.39, 0.29) is 12.2 Å². The summed E-state index contributed by atoms with van der Waals surface area (Å²) in [4.78, 5) is 12.0. The van der Waals surface area contributed by atoms with Gasteiger partial charge in [0.2, 0.25) is 0 Å². The van der Waals surface area contributed by atoms with E-state index in [1.54, 1.807) is 6.92 Å². The number of hydrogen-bond donors (Lipinski definition) is 4. The van der Waals surface area contributed by atoms with E-state index in [0.29, 0.717) is 17.9 Å². The highest BCUT2D eigenvalue weighted by Gasteiger charge is 2.23. The van der Waals surface area contributed by atoms with Crippen molar-refractivity contribution < 1.29 is 15.0 Å². The van der Waals surface area contributed by atoms with Crippen LogP contribution in [0.5, 0.6) is 0 Å². The highest BCUT2D eigenvalue weighted by Crippen LogP contribution is 2.16. The number of anilines is 1. The molecule has 1 aromatic heterocycles. The van der Waals surface area contributed by atoms with Crippen molar-refractivity contribution in [3.05, 3.63) is 11.4 Å². The number of amides is 1. The van der Waals surface area contributed by atoms with Crippen molar-refractivity contribution in [1.29, 1.82) is 0 Å². The predicted molar refractivity (Wildman–Crippen MR) is 67.1 cm³/mol. The first-order chi connectivity index (χ1) is 8.32. The summed E-state index contributed by atoms with van der Waals surface area (Å²) < 4.78 is 1.51. The van der Waals surface area contributed by atoms with Gasteiger partial charge < -0.3 is 21.3 Å². The number of hydrogen-bond acceptors (Lipinski definition) is 5.